The molecule has 0 aliphatic heterocycles. The summed E-state index contributed by atoms with van der Waals surface area (Å²) in [6.45, 7) is 14.7. The number of nitrogens with zero attached hydrogens (tertiary/aromatic N) is 6. The minimum absolute atomic E-state index is 0.161. The summed E-state index contributed by atoms with van der Waals surface area (Å²) in [5.74, 6) is 0.459. The van der Waals surface area contributed by atoms with Gasteiger partial charge in [-0.1, -0.05) is 97.3 Å². The minimum Gasteiger partial charge on any atom is -0.496 e. The van der Waals surface area contributed by atoms with E-state index in [0.29, 0.717) is 61.2 Å². The molecule has 1 N–H and O–H groups in total. The molecule has 6 aromatic rings. The zero-order valence-corrected chi connectivity index (χ0v) is 39.1. The quantitative estimate of drug-likeness (QED) is 0.0994. The Balaban J connectivity index is 0.000000235. The number of hydrogen-bond acceptors (Lipinski definition) is 11. The fourth-order valence-electron chi connectivity index (χ4n) is 6.55. The van der Waals surface area contributed by atoms with E-state index < -0.39 is 12.6 Å². The number of carboxylic acid groups (broad SMARTS) is 1. The molecule has 0 saturated heterocycles. The van der Waals surface area contributed by atoms with E-state index in [4.69, 9.17) is 37.8 Å². The molecule has 6 rings (SSSR count). The van der Waals surface area contributed by atoms with Gasteiger partial charge in [0.25, 0.3) is 11.8 Å². The van der Waals surface area contributed by atoms with Crippen LogP contribution < -0.4 is 19.3 Å². The Hall–Kier alpha value is -5.41. The summed E-state index contributed by atoms with van der Waals surface area (Å²) in [5.41, 5.74) is 6.35. The van der Waals surface area contributed by atoms with Gasteiger partial charge in [0.1, 0.15) is 21.5 Å². The van der Waals surface area contributed by atoms with E-state index in [1.165, 1.54) is 22.7 Å². The standard InChI is InChI=1S/C23H24ClN3O4S.C23H26ClN3O2S/c1-4-5-10-27(22(30)17-8-6-7-9-18(17)24)23-26-25-21(32-23)16-11-14(2)20(15(3)12-16)31-13-19(28)29;1-14(2)10-11-27(22(28)18-8-6-7-9-19(18)24)23-26-25-21(30-23)17-12-15(3)20(29-5)16(4)13-17/h6-9,11-12H,4-5,10,13H2,1-3H3,(H,28,29);6-9,12-14H,10-11H2,1-5H3. The largest absolute Gasteiger partial charge is 0.496 e. The fraction of sp³-hybridized carbons (Fsp3) is 0.326. The first-order valence-corrected chi connectivity index (χ1v) is 22.4. The molecule has 0 radical (unpaired) electrons. The number of unbranched alkanes of at least 4 members (excludes halogenated alkanes) is 1. The van der Waals surface area contributed by atoms with Crippen molar-refractivity contribution in [1.82, 2.24) is 20.4 Å². The van der Waals surface area contributed by atoms with E-state index >= 15 is 0 Å². The molecule has 2 amide bonds. The lowest BCUT2D eigenvalue weighted by Gasteiger charge is -2.21. The highest BCUT2D eigenvalue weighted by molar-refractivity contribution is 7.19. The SMILES string of the molecule is CCCCN(C(=O)c1ccccc1Cl)c1nnc(-c2cc(C)c(OCC(=O)O)c(C)c2)s1.COc1c(C)cc(-c2nnc(N(CCC(C)C)C(=O)c3ccccc3Cl)s2)cc1C. The smallest absolute Gasteiger partial charge is 0.341 e. The van der Waals surface area contributed by atoms with E-state index in [0.717, 1.165) is 63.4 Å². The molecule has 0 fully saturated rings. The molecule has 0 unspecified atom stereocenters. The van der Waals surface area contributed by atoms with Crippen LogP contribution in [0.1, 0.15) is 83.0 Å². The second-order valence-corrected chi connectivity index (χ2v) is 17.7. The van der Waals surface area contributed by atoms with Gasteiger partial charge >= 0.3 is 5.97 Å². The molecule has 326 valence electrons. The summed E-state index contributed by atoms with van der Waals surface area (Å²) in [7, 11) is 1.67. The maximum absolute atomic E-state index is 13.3. The normalized spacial score (nSPS) is 10.9. The van der Waals surface area contributed by atoms with Gasteiger partial charge in [0.05, 0.1) is 28.3 Å². The van der Waals surface area contributed by atoms with Crippen molar-refractivity contribution in [2.45, 2.75) is 67.7 Å². The molecule has 0 spiro atoms. The Labute approximate surface area is 380 Å². The molecule has 2 heterocycles. The number of ether oxygens (including phenoxy) is 2. The first-order valence-electron chi connectivity index (χ1n) is 20.0. The van der Waals surface area contributed by atoms with Crippen LogP contribution in [0.4, 0.5) is 10.3 Å². The van der Waals surface area contributed by atoms with Gasteiger partial charge in [-0.05, 0) is 117 Å². The summed E-state index contributed by atoms with van der Waals surface area (Å²) < 4.78 is 10.9. The van der Waals surface area contributed by atoms with Crippen LogP contribution >= 0.6 is 45.9 Å². The highest BCUT2D eigenvalue weighted by Gasteiger charge is 2.26. The maximum atomic E-state index is 13.3. The number of rotatable bonds is 16. The van der Waals surface area contributed by atoms with Crippen LogP contribution in [0.2, 0.25) is 10.0 Å². The molecule has 12 nitrogen and oxygen atoms in total. The summed E-state index contributed by atoms with van der Waals surface area (Å²) in [4.78, 5) is 40.6. The number of methoxy groups -OCH3 is 1. The molecule has 2 aromatic heterocycles. The molecule has 0 bridgehead atoms. The monoisotopic (exact) mass is 916 g/mol. The zero-order valence-electron chi connectivity index (χ0n) is 36.0. The molecular weight excluding hydrogens is 868 g/mol. The molecule has 0 saturated carbocycles. The second-order valence-electron chi connectivity index (χ2n) is 15.0. The highest BCUT2D eigenvalue weighted by Crippen LogP contribution is 2.36. The lowest BCUT2D eigenvalue weighted by Crippen LogP contribution is -2.32. The number of benzene rings is 4. The lowest BCUT2D eigenvalue weighted by molar-refractivity contribution is -0.139. The van der Waals surface area contributed by atoms with Crippen LogP contribution in [0.5, 0.6) is 11.5 Å². The fourth-order valence-corrected chi connectivity index (χ4v) is 8.69. The number of anilines is 2. The van der Waals surface area contributed by atoms with E-state index in [9.17, 15) is 14.4 Å². The van der Waals surface area contributed by atoms with Crippen LogP contribution in [0.15, 0.2) is 72.8 Å². The number of carbonyl (C=O) groups is 3. The van der Waals surface area contributed by atoms with Crippen molar-refractivity contribution < 1.29 is 29.0 Å². The van der Waals surface area contributed by atoms with E-state index in [1.54, 1.807) is 53.3 Å². The van der Waals surface area contributed by atoms with Gasteiger partial charge in [0, 0.05) is 24.2 Å². The van der Waals surface area contributed by atoms with Crippen LogP contribution in [-0.4, -0.2) is 70.1 Å². The average molecular weight is 918 g/mol. The third-order valence-electron chi connectivity index (χ3n) is 9.61. The number of amides is 2. The maximum Gasteiger partial charge on any atom is 0.341 e. The van der Waals surface area contributed by atoms with Crippen molar-refractivity contribution in [3.05, 3.63) is 116 Å². The van der Waals surface area contributed by atoms with Crippen molar-refractivity contribution in [2.24, 2.45) is 5.92 Å². The first-order chi connectivity index (χ1) is 29.6. The molecule has 62 heavy (non-hydrogen) atoms. The zero-order chi connectivity index (χ0) is 45.1. The van der Waals surface area contributed by atoms with Crippen molar-refractivity contribution in [3.63, 3.8) is 0 Å². The second kappa shape index (κ2) is 22.1. The van der Waals surface area contributed by atoms with Crippen molar-refractivity contribution in [1.29, 1.82) is 0 Å². The van der Waals surface area contributed by atoms with Crippen molar-refractivity contribution >= 4 is 73.9 Å². The molecule has 0 atom stereocenters. The van der Waals surface area contributed by atoms with Crippen LogP contribution in [0.3, 0.4) is 0 Å². The lowest BCUT2D eigenvalue weighted by atomic mass is 10.1. The van der Waals surface area contributed by atoms with Gasteiger partial charge in [-0.15, -0.1) is 20.4 Å². The summed E-state index contributed by atoms with van der Waals surface area (Å²) in [6, 6.07) is 21.9. The summed E-state index contributed by atoms with van der Waals surface area (Å²) in [5, 5.41) is 29.5. The number of aliphatic carboxylic acids is 1. The van der Waals surface area contributed by atoms with E-state index in [-0.39, 0.29) is 11.8 Å². The van der Waals surface area contributed by atoms with Gasteiger partial charge in [-0.3, -0.25) is 19.4 Å². The predicted molar refractivity (Wildman–Crippen MR) is 250 cm³/mol. The van der Waals surface area contributed by atoms with Crippen LogP contribution in [-0.2, 0) is 4.79 Å². The van der Waals surface area contributed by atoms with Gasteiger partial charge in [-0.25, -0.2) is 4.79 Å². The van der Waals surface area contributed by atoms with Crippen LogP contribution in [0.25, 0.3) is 21.1 Å². The van der Waals surface area contributed by atoms with Gasteiger partial charge in [0.2, 0.25) is 10.3 Å². The molecule has 4 aromatic carbocycles. The highest BCUT2D eigenvalue weighted by atomic mass is 35.5. The number of carbonyl (C=O) groups excluding carboxylic acids is 2. The Morgan fingerprint density at radius 2 is 1.13 bits per heavy atom. The number of aryl methyl sites for hydroxylation is 4. The predicted octanol–water partition coefficient (Wildman–Crippen LogP) is 11.6. The molecule has 16 heteroatoms. The molecule has 0 aliphatic rings. The Kier molecular flexibility index (Phi) is 17.0. The number of aromatic nitrogens is 4. The number of hydrogen-bond donors (Lipinski definition) is 1. The number of halogens is 2. The number of carboxylic acids is 1. The van der Waals surface area contributed by atoms with E-state index in [2.05, 4.69) is 41.2 Å². The third kappa shape index (κ3) is 11.9. The molecular formula is C46H50Cl2N6O6S2. The van der Waals surface area contributed by atoms with Gasteiger partial charge in [0.15, 0.2) is 6.61 Å². The minimum atomic E-state index is -1.03. The third-order valence-corrected chi connectivity index (χ3v) is 12.3. The Morgan fingerprint density at radius 1 is 0.694 bits per heavy atom. The Bertz CT molecular complexity index is 2480. The van der Waals surface area contributed by atoms with Crippen molar-refractivity contribution in [3.8, 4) is 32.6 Å². The summed E-state index contributed by atoms with van der Waals surface area (Å²) in [6.07, 6.45) is 2.60. The van der Waals surface area contributed by atoms with Gasteiger partial charge in [-0.2, -0.15) is 0 Å². The summed E-state index contributed by atoms with van der Waals surface area (Å²) >= 11 is 15.3. The Morgan fingerprint density at radius 3 is 1.53 bits per heavy atom. The average Bonchev–Trinajstić information content (AvgIpc) is 3.92. The topological polar surface area (TPSA) is 148 Å². The van der Waals surface area contributed by atoms with Gasteiger partial charge < -0.3 is 14.6 Å². The van der Waals surface area contributed by atoms with Crippen molar-refractivity contribution in [2.75, 3.05) is 36.6 Å². The van der Waals surface area contributed by atoms with Crippen LogP contribution in [0, 0.1) is 33.6 Å². The van der Waals surface area contributed by atoms with E-state index in [1.807, 2.05) is 64.1 Å². The first kappa shape index (κ1) is 47.6. The molecule has 0 aliphatic carbocycles.